The third-order valence-electron chi connectivity index (χ3n) is 6.98. The van der Waals surface area contributed by atoms with Gasteiger partial charge in [-0.3, -0.25) is 4.79 Å². The van der Waals surface area contributed by atoms with Crippen molar-refractivity contribution in [1.29, 1.82) is 0 Å². The van der Waals surface area contributed by atoms with Crippen LogP contribution in [0.25, 0.3) is 11.1 Å². The summed E-state index contributed by atoms with van der Waals surface area (Å²) in [6, 6.07) is 23.4. The summed E-state index contributed by atoms with van der Waals surface area (Å²) in [5.74, 6) is -1.78. The Morgan fingerprint density at radius 1 is 0.886 bits per heavy atom. The van der Waals surface area contributed by atoms with Crippen LogP contribution in [0.15, 0.2) is 78.9 Å². The molecule has 0 unspecified atom stereocenters. The second-order valence-corrected chi connectivity index (χ2v) is 9.04. The highest BCUT2D eigenvalue weighted by atomic mass is 16.5. The van der Waals surface area contributed by atoms with Gasteiger partial charge in [-0.15, -0.1) is 0 Å². The van der Waals surface area contributed by atoms with Crippen LogP contribution in [0.3, 0.4) is 0 Å². The Kier molecular flexibility index (Phi) is 5.99. The number of hydrogen-bond acceptors (Lipinski definition) is 4. The Hall–Kier alpha value is -4.13. The first-order valence-corrected chi connectivity index (χ1v) is 11.7. The molecule has 3 N–H and O–H groups in total. The molecule has 7 nitrogen and oxygen atoms in total. The van der Waals surface area contributed by atoms with Gasteiger partial charge in [-0.2, -0.15) is 0 Å². The minimum absolute atomic E-state index is 0.0891. The van der Waals surface area contributed by atoms with Crippen LogP contribution in [0, 0.1) is 0 Å². The lowest BCUT2D eigenvalue weighted by atomic mass is 9.76. The highest BCUT2D eigenvalue weighted by Crippen LogP contribution is 2.44. The summed E-state index contributed by atoms with van der Waals surface area (Å²) in [6.45, 7) is 0.138. The fraction of sp³-hybridized carbons (Fsp3) is 0.250. The van der Waals surface area contributed by atoms with Crippen molar-refractivity contribution in [2.24, 2.45) is 0 Å². The van der Waals surface area contributed by atoms with E-state index in [1.165, 1.54) is 0 Å². The summed E-state index contributed by atoms with van der Waals surface area (Å²) < 4.78 is 5.61. The van der Waals surface area contributed by atoms with E-state index in [-0.39, 0.29) is 12.5 Å². The number of hydrogen-bond donors (Lipinski definition) is 3. The zero-order valence-corrected chi connectivity index (χ0v) is 19.1. The standard InChI is InChI=1S/C28H26N2O5/c31-25(32)24(18-9-2-1-3-10-18)29-26(33)28(15-8-16-28)30-27(34)35-17-23-21-13-6-4-11-19(21)20-12-5-7-14-22(20)23/h1-7,9-14,23-24H,8,15-17H2,(H,29,33)(H,30,34)(H,31,32)/t24-/m1/s1. The molecule has 0 radical (unpaired) electrons. The van der Waals surface area contributed by atoms with E-state index in [0.717, 1.165) is 28.7 Å². The lowest BCUT2D eigenvalue weighted by Crippen LogP contribution is -2.63. The lowest BCUT2D eigenvalue weighted by molar-refractivity contribution is -0.144. The number of carboxylic acid groups (broad SMARTS) is 1. The maximum atomic E-state index is 13.1. The first-order chi connectivity index (χ1) is 17.0. The molecule has 2 aliphatic carbocycles. The first-order valence-electron chi connectivity index (χ1n) is 11.7. The summed E-state index contributed by atoms with van der Waals surface area (Å²) in [6.07, 6.45) is 0.905. The number of carbonyl (C=O) groups excluding carboxylic acids is 2. The van der Waals surface area contributed by atoms with Gasteiger partial charge in [0, 0.05) is 5.92 Å². The molecule has 0 heterocycles. The van der Waals surface area contributed by atoms with Gasteiger partial charge in [0.05, 0.1) is 0 Å². The molecule has 1 fully saturated rings. The topological polar surface area (TPSA) is 105 Å². The highest BCUT2D eigenvalue weighted by molar-refractivity contribution is 5.94. The van der Waals surface area contributed by atoms with Crippen molar-refractivity contribution in [3.63, 3.8) is 0 Å². The molecule has 178 valence electrons. The number of benzene rings is 3. The monoisotopic (exact) mass is 470 g/mol. The average Bonchev–Trinajstić information content (AvgIpc) is 3.17. The Labute approximate surface area is 203 Å². The summed E-state index contributed by atoms with van der Waals surface area (Å²) in [4.78, 5) is 37.7. The average molecular weight is 471 g/mol. The van der Waals surface area contributed by atoms with Crippen LogP contribution in [0.5, 0.6) is 0 Å². The molecule has 0 spiro atoms. The SMILES string of the molecule is O=C(NC1(C(=O)N[C@@H](C(=O)O)c2ccccc2)CCC1)OCC1c2ccccc2-c2ccccc21. The van der Waals surface area contributed by atoms with Gasteiger partial charge in [0.1, 0.15) is 12.1 Å². The van der Waals surface area contributed by atoms with Crippen molar-refractivity contribution < 1.29 is 24.2 Å². The van der Waals surface area contributed by atoms with Crippen molar-refractivity contribution in [2.75, 3.05) is 6.61 Å². The number of alkyl carbamates (subject to hydrolysis) is 1. The fourth-order valence-electron chi connectivity index (χ4n) is 4.97. The van der Waals surface area contributed by atoms with E-state index in [4.69, 9.17) is 4.74 Å². The molecule has 5 rings (SSSR count). The van der Waals surface area contributed by atoms with Gasteiger partial charge in [0.15, 0.2) is 6.04 Å². The Morgan fingerprint density at radius 3 is 2.00 bits per heavy atom. The number of fused-ring (bicyclic) bond motifs is 3. The van der Waals surface area contributed by atoms with Crippen LogP contribution >= 0.6 is 0 Å². The van der Waals surface area contributed by atoms with Gasteiger partial charge >= 0.3 is 12.1 Å². The Bertz CT molecular complexity index is 1220. The zero-order valence-electron chi connectivity index (χ0n) is 19.1. The third kappa shape index (κ3) is 4.25. The molecule has 2 aliphatic rings. The minimum atomic E-state index is -1.20. The molecule has 0 aliphatic heterocycles. The third-order valence-corrected chi connectivity index (χ3v) is 6.98. The molecule has 35 heavy (non-hydrogen) atoms. The van der Waals surface area contributed by atoms with Crippen LogP contribution < -0.4 is 10.6 Å². The number of rotatable bonds is 7. The van der Waals surface area contributed by atoms with Crippen molar-refractivity contribution >= 4 is 18.0 Å². The van der Waals surface area contributed by atoms with Gasteiger partial charge in [-0.1, -0.05) is 78.9 Å². The second kappa shape index (κ2) is 9.25. The van der Waals surface area contributed by atoms with Gasteiger partial charge in [0.2, 0.25) is 5.91 Å². The van der Waals surface area contributed by atoms with Gasteiger partial charge < -0.3 is 20.5 Å². The summed E-state index contributed by atoms with van der Waals surface area (Å²) >= 11 is 0. The molecular weight excluding hydrogens is 444 g/mol. The van der Waals surface area contributed by atoms with E-state index < -0.39 is 29.6 Å². The van der Waals surface area contributed by atoms with E-state index in [0.29, 0.717) is 18.4 Å². The van der Waals surface area contributed by atoms with Crippen molar-refractivity contribution in [1.82, 2.24) is 10.6 Å². The van der Waals surface area contributed by atoms with Crippen LogP contribution in [0.4, 0.5) is 4.79 Å². The lowest BCUT2D eigenvalue weighted by Gasteiger charge is -2.40. The van der Waals surface area contributed by atoms with Crippen molar-refractivity contribution in [3.8, 4) is 11.1 Å². The molecule has 7 heteroatoms. The number of carboxylic acids is 1. The molecule has 1 atom stereocenters. The second-order valence-electron chi connectivity index (χ2n) is 9.04. The van der Waals surface area contributed by atoms with E-state index in [2.05, 4.69) is 22.8 Å². The Morgan fingerprint density at radius 2 is 1.46 bits per heavy atom. The molecule has 3 aromatic carbocycles. The van der Waals surface area contributed by atoms with Crippen molar-refractivity contribution in [2.45, 2.75) is 36.8 Å². The predicted molar refractivity (Wildman–Crippen MR) is 130 cm³/mol. The molecule has 1 saturated carbocycles. The molecular formula is C28H26N2O5. The first kappa shape index (κ1) is 22.7. The predicted octanol–water partition coefficient (Wildman–Crippen LogP) is 4.39. The molecule has 0 aromatic heterocycles. The zero-order chi connectivity index (χ0) is 24.4. The quantitative estimate of drug-likeness (QED) is 0.475. The Balaban J connectivity index is 1.26. The maximum Gasteiger partial charge on any atom is 0.408 e. The van der Waals surface area contributed by atoms with Crippen LogP contribution in [-0.4, -0.2) is 35.2 Å². The molecule has 0 saturated heterocycles. The highest BCUT2D eigenvalue weighted by Gasteiger charge is 2.47. The van der Waals surface area contributed by atoms with Gasteiger partial charge in [-0.25, -0.2) is 9.59 Å². The van der Waals surface area contributed by atoms with E-state index in [9.17, 15) is 19.5 Å². The number of amides is 2. The largest absolute Gasteiger partial charge is 0.479 e. The number of ether oxygens (including phenoxy) is 1. The summed E-state index contributed by atoms with van der Waals surface area (Å²) in [5.41, 5.74) is 3.75. The molecule has 3 aromatic rings. The summed E-state index contributed by atoms with van der Waals surface area (Å²) in [5, 5.41) is 15.0. The molecule has 2 amide bonds. The maximum absolute atomic E-state index is 13.1. The number of carbonyl (C=O) groups is 3. The van der Waals surface area contributed by atoms with Crippen LogP contribution in [-0.2, 0) is 14.3 Å². The van der Waals surface area contributed by atoms with E-state index >= 15 is 0 Å². The van der Waals surface area contributed by atoms with E-state index in [1.807, 2.05) is 36.4 Å². The number of nitrogens with one attached hydrogen (secondary N) is 2. The van der Waals surface area contributed by atoms with Gasteiger partial charge in [0.25, 0.3) is 0 Å². The summed E-state index contributed by atoms with van der Waals surface area (Å²) in [7, 11) is 0. The number of aliphatic carboxylic acids is 1. The fourth-order valence-corrected chi connectivity index (χ4v) is 4.97. The van der Waals surface area contributed by atoms with Gasteiger partial charge in [-0.05, 0) is 47.1 Å². The van der Waals surface area contributed by atoms with Crippen LogP contribution in [0.2, 0.25) is 0 Å². The van der Waals surface area contributed by atoms with Crippen molar-refractivity contribution in [3.05, 3.63) is 95.6 Å². The smallest absolute Gasteiger partial charge is 0.408 e. The van der Waals surface area contributed by atoms with Crippen LogP contribution in [0.1, 0.15) is 47.9 Å². The van der Waals surface area contributed by atoms with E-state index in [1.54, 1.807) is 30.3 Å². The molecule has 0 bridgehead atoms. The minimum Gasteiger partial charge on any atom is -0.479 e. The normalized spacial score (nSPS) is 16.2.